The normalized spacial score (nSPS) is 21.5. The summed E-state index contributed by atoms with van der Waals surface area (Å²) in [7, 11) is 0. The lowest BCUT2D eigenvalue weighted by Gasteiger charge is -2.35. The lowest BCUT2D eigenvalue weighted by Crippen LogP contribution is -2.41. The predicted octanol–water partition coefficient (Wildman–Crippen LogP) is 0.265. The van der Waals surface area contributed by atoms with Crippen LogP contribution in [0.25, 0.3) is 0 Å². The van der Waals surface area contributed by atoms with Crippen molar-refractivity contribution >= 4 is 5.84 Å². The quantitative estimate of drug-likeness (QED) is 0.229. The fourth-order valence-corrected chi connectivity index (χ4v) is 2.18. The maximum Gasteiger partial charge on any atom is 0.153 e. The largest absolute Gasteiger partial charge is 0.409 e. The number of hydrogen-bond donors (Lipinski definition) is 4. The number of aliphatic hydroxyl groups is 1. The van der Waals surface area contributed by atoms with E-state index in [-0.39, 0.29) is 17.9 Å². The van der Waals surface area contributed by atoms with Crippen molar-refractivity contribution in [2.45, 2.75) is 32.1 Å². The van der Waals surface area contributed by atoms with Crippen LogP contribution >= 0.6 is 0 Å². The first-order valence-corrected chi connectivity index (χ1v) is 5.50. The third-order valence-corrected chi connectivity index (χ3v) is 3.18. The Morgan fingerprint density at radius 2 is 2.00 bits per heavy atom. The number of rotatable bonds is 5. The van der Waals surface area contributed by atoms with Crippen molar-refractivity contribution in [2.24, 2.45) is 16.3 Å². The number of nitrogens with two attached hydrogens (primary N) is 1. The fourth-order valence-electron chi connectivity index (χ4n) is 2.18. The Bertz CT molecular complexity index is 213. The van der Waals surface area contributed by atoms with Crippen LogP contribution in [0, 0.1) is 5.41 Å². The first-order valence-electron chi connectivity index (χ1n) is 5.50. The zero-order valence-corrected chi connectivity index (χ0v) is 9.08. The Balaban J connectivity index is 2.32. The molecule has 1 saturated carbocycles. The van der Waals surface area contributed by atoms with Crippen molar-refractivity contribution in [1.82, 2.24) is 5.32 Å². The topological polar surface area (TPSA) is 90.9 Å². The summed E-state index contributed by atoms with van der Waals surface area (Å²) in [6, 6.07) is 0. The molecule has 5 heteroatoms. The van der Waals surface area contributed by atoms with Gasteiger partial charge < -0.3 is 21.4 Å². The van der Waals surface area contributed by atoms with Crippen LogP contribution in [0.15, 0.2) is 5.16 Å². The Labute approximate surface area is 90.3 Å². The monoisotopic (exact) mass is 215 g/mol. The molecule has 0 atom stereocenters. The fraction of sp³-hybridized carbons (Fsp3) is 0.900. The maximum absolute atomic E-state index is 9.41. The summed E-state index contributed by atoms with van der Waals surface area (Å²) in [6.45, 7) is 1.33. The molecule has 88 valence electrons. The van der Waals surface area contributed by atoms with Gasteiger partial charge in [0.2, 0.25) is 0 Å². The van der Waals surface area contributed by atoms with Crippen LogP contribution in [0.5, 0.6) is 0 Å². The average molecular weight is 215 g/mol. The van der Waals surface area contributed by atoms with E-state index in [1.54, 1.807) is 0 Å². The highest BCUT2D eigenvalue weighted by molar-refractivity contribution is 5.81. The minimum absolute atomic E-state index is 0.00792. The molecule has 15 heavy (non-hydrogen) atoms. The van der Waals surface area contributed by atoms with Gasteiger partial charge in [-0.2, -0.15) is 0 Å². The molecule has 0 aromatic heterocycles. The molecule has 0 bridgehead atoms. The van der Waals surface area contributed by atoms with Gasteiger partial charge in [-0.3, -0.25) is 0 Å². The molecule has 1 aliphatic rings. The van der Waals surface area contributed by atoms with Crippen molar-refractivity contribution in [3.63, 3.8) is 0 Å². The molecule has 0 aliphatic heterocycles. The highest BCUT2D eigenvalue weighted by Crippen LogP contribution is 2.34. The molecule has 0 spiro atoms. The van der Waals surface area contributed by atoms with Crippen LogP contribution in [0.3, 0.4) is 0 Å². The van der Waals surface area contributed by atoms with Gasteiger partial charge in [0.15, 0.2) is 5.84 Å². The van der Waals surface area contributed by atoms with Crippen LogP contribution in [0.4, 0.5) is 0 Å². The van der Waals surface area contributed by atoms with E-state index in [0.29, 0.717) is 6.54 Å². The van der Waals surface area contributed by atoms with E-state index < -0.39 is 0 Å². The second kappa shape index (κ2) is 5.92. The molecule has 5 N–H and O–H groups in total. The first kappa shape index (κ1) is 12.3. The molecule has 0 heterocycles. The van der Waals surface area contributed by atoms with Gasteiger partial charge in [-0.1, -0.05) is 24.4 Å². The summed E-state index contributed by atoms with van der Waals surface area (Å²) in [5.41, 5.74) is 5.36. The van der Waals surface area contributed by atoms with Gasteiger partial charge in [0.1, 0.15) is 0 Å². The van der Waals surface area contributed by atoms with Crippen LogP contribution in [-0.4, -0.2) is 35.8 Å². The standard InChI is InChI=1S/C10H21N3O2/c11-9(13-15)6-12-7-10(8-14)4-2-1-3-5-10/h12,14-15H,1-8H2,(H2,11,13). The summed E-state index contributed by atoms with van der Waals surface area (Å²) in [6.07, 6.45) is 5.76. The van der Waals surface area contributed by atoms with E-state index in [1.165, 1.54) is 19.3 Å². The molecule has 1 aliphatic carbocycles. The van der Waals surface area contributed by atoms with E-state index in [0.717, 1.165) is 19.4 Å². The SMILES string of the molecule is NC(CNCC1(CO)CCCCC1)=NO. The molecule has 0 aromatic rings. The van der Waals surface area contributed by atoms with Crippen LogP contribution in [0.1, 0.15) is 32.1 Å². The minimum atomic E-state index is 0.00792. The van der Waals surface area contributed by atoms with Crippen LogP contribution in [-0.2, 0) is 0 Å². The molecule has 5 nitrogen and oxygen atoms in total. The second-order valence-corrected chi connectivity index (χ2v) is 4.41. The highest BCUT2D eigenvalue weighted by Gasteiger charge is 2.30. The van der Waals surface area contributed by atoms with E-state index in [1.807, 2.05) is 0 Å². The first-order chi connectivity index (χ1) is 7.22. The molecule has 0 radical (unpaired) electrons. The number of oxime groups is 1. The Hall–Kier alpha value is -0.810. The van der Waals surface area contributed by atoms with E-state index in [9.17, 15) is 5.11 Å². The molecule has 0 saturated heterocycles. The lowest BCUT2D eigenvalue weighted by atomic mass is 9.74. The molecule has 1 rings (SSSR count). The number of hydrogen-bond acceptors (Lipinski definition) is 4. The number of aliphatic hydroxyl groups excluding tert-OH is 1. The zero-order valence-electron chi connectivity index (χ0n) is 9.08. The zero-order chi connectivity index (χ0) is 11.1. The Morgan fingerprint density at radius 1 is 1.33 bits per heavy atom. The summed E-state index contributed by atoms with van der Waals surface area (Å²) >= 11 is 0. The summed E-state index contributed by atoms with van der Waals surface area (Å²) in [5.74, 6) is 0.180. The molecule has 1 fully saturated rings. The number of nitrogens with one attached hydrogen (secondary N) is 1. The van der Waals surface area contributed by atoms with Gasteiger partial charge in [0, 0.05) is 18.6 Å². The van der Waals surface area contributed by atoms with Crippen molar-refractivity contribution < 1.29 is 10.3 Å². The van der Waals surface area contributed by atoms with Gasteiger partial charge in [-0.05, 0) is 12.8 Å². The van der Waals surface area contributed by atoms with Gasteiger partial charge in [-0.25, -0.2) is 0 Å². The molecule has 0 aromatic carbocycles. The molecular weight excluding hydrogens is 194 g/mol. The Morgan fingerprint density at radius 3 is 2.53 bits per heavy atom. The molecule has 0 amide bonds. The summed E-state index contributed by atoms with van der Waals surface area (Å²) < 4.78 is 0. The summed E-state index contributed by atoms with van der Waals surface area (Å²) in [4.78, 5) is 0. The van der Waals surface area contributed by atoms with Crippen molar-refractivity contribution in [2.75, 3.05) is 19.7 Å². The van der Waals surface area contributed by atoms with Gasteiger partial charge in [-0.15, -0.1) is 0 Å². The smallest absolute Gasteiger partial charge is 0.153 e. The van der Waals surface area contributed by atoms with Gasteiger partial charge >= 0.3 is 0 Å². The van der Waals surface area contributed by atoms with E-state index in [2.05, 4.69) is 10.5 Å². The third kappa shape index (κ3) is 3.68. The summed E-state index contributed by atoms with van der Waals surface area (Å²) in [5, 5.41) is 23.8. The van der Waals surface area contributed by atoms with Crippen LogP contribution in [0.2, 0.25) is 0 Å². The maximum atomic E-state index is 9.41. The number of amidine groups is 1. The Kier molecular flexibility index (Phi) is 4.84. The predicted molar refractivity (Wildman–Crippen MR) is 58.9 cm³/mol. The highest BCUT2D eigenvalue weighted by atomic mass is 16.4. The molecule has 0 unspecified atom stereocenters. The van der Waals surface area contributed by atoms with Crippen molar-refractivity contribution in [3.8, 4) is 0 Å². The number of nitrogens with zero attached hydrogens (tertiary/aromatic N) is 1. The molecular formula is C10H21N3O2. The van der Waals surface area contributed by atoms with Crippen LogP contribution < -0.4 is 11.1 Å². The third-order valence-electron chi connectivity index (χ3n) is 3.18. The second-order valence-electron chi connectivity index (χ2n) is 4.41. The average Bonchev–Trinajstić information content (AvgIpc) is 2.30. The van der Waals surface area contributed by atoms with E-state index >= 15 is 0 Å². The van der Waals surface area contributed by atoms with Gasteiger partial charge in [0.05, 0.1) is 6.54 Å². The minimum Gasteiger partial charge on any atom is -0.409 e. The van der Waals surface area contributed by atoms with Crippen molar-refractivity contribution in [3.05, 3.63) is 0 Å². The van der Waals surface area contributed by atoms with Gasteiger partial charge in [0.25, 0.3) is 0 Å². The van der Waals surface area contributed by atoms with Crippen molar-refractivity contribution in [1.29, 1.82) is 0 Å². The van der Waals surface area contributed by atoms with E-state index in [4.69, 9.17) is 10.9 Å². The lowest BCUT2D eigenvalue weighted by molar-refractivity contribution is 0.0826.